The van der Waals surface area contributed by atoms with Gasteiger partial charge in [0.2, 0.25) is 21.8 Å². The van der Waals surface area contributed by atoms with Gasteiger partial charge in [-0.25, -0.2) is 13.4 Å². The molecule has 0 spiro atoms. The molecule has 1 amide bonds. The van der Waals surface area contributed by atoms with Gasteiger partial charge in [-0.05, 0) is 56.3 Å². The van der Waals surface area contributed by atoms with Gasteiger partial charge in [-0.15, -0.1) is 11.3 Å². The van der Waals surface area contributed by atoms with Crippen LogP contribution in [0.15, 0.2) is 45.0 Å². The first kappa shape index (κ1) is 23.5. The quantitative estimate of drug-likeness (QED) is 0.501. The van der Waals surface area contributed by atoms with Crippen LogP contribution in [0.5, 0.6) is 5.75 Å². The number of benzene rings is 1. The normalized spacial score (nSPS) is 14.8. The van der Waals surface area contributed by atoms with E-state index in [1.807, 2.05) is 24.4 Å². The van der Waals surface area contributed by atoms with E-state index in [0.717, 1.165) is 24.1 Å². The molecule has 3 heterocycles. The lowest BCUT2D eigenvalue weighted by Gasteiger charge is -2.26. The number of rotatable bonds is 8. The lowest BCUT2D eigenvalue weighted by molar-refractivity contribution is -0.115. The highest BCUT2D eigenvalue weighted by Crippen LogP contribution is 2.31. The van der Waals surface area contributed by atoms with Gasteiger partial charge >= 0.3 is 0 Å². The van der Waals surface area contributed by atoms with Gasteiger partial charge in [0, 0.05) is 13.1 Å². The Morgan fingerprint density at radius 3 is 2.73 bits per heavy atom. The third kappa shape index (κ3) is 5.29. The molecule has 1 aliphatic heterocycles. The number of hydrogen-bond acceptors (Lipinski definition) is 7. The molecule has 2 aromatic heterocycles. The number of amides is 1. The molecular formula is C23H27N3O5S2. The Kier molecular flexibility index (Phi) is 7.16. The zero-order chi connectivity index (χ0) is 23.4. The Morgan fingerprint density at radius 2 is 2.03 bits per heavy atom. The SMILES string of the molecule is CCOc1ccc(S(=O)(=O)N2CCCCC2)cc1NC(=O)Cc1nc(-c2cccs2)oc1C. The molecule has 1 saturated heterocycles. The van der Waals surface area contributed by atoms with E-state index in [9.17, 15) is 13.2 Å². The van der Waals surface area contributed by atoms with Crippen molar-refractivity contribution in [3.8, 4) is 16.5 Å². The van der Waals surface area contributed by atoms with E-state index in [1.165, 1.54) is 27.8 Å². The van der Waals surface area contributed by atoms with E-state index in [4.69, 9.17) is 9.15 Å². The van der Waals surface area contributed by atoms with E-state index in [-0.39, 0.29) is 17.2 Å². The monoisotopic (exact) mass is 489 g/mol. The molecule has 0 saturated carbocycles. The highest BCUT2D eigenvalue weighted by Gasteiger charge is 2.27. The molecule has 1 aliphatic rings. The fourth-order valence-electron chi connectivity index (χ4n) is 3.75. The van der Waals surface area contributed by atoms with Crippen LogP contribution in [0.1, 0.15) is 37.6 Å². The molecule has 4 rings (SSSR count). The summed E-state index contributed by atoms with van der Waals surface area (Å²) in [4.78, 5) is 18.3. The van der Waals surface area contributed by atoms with E-state index >= 15 is 0 Å². The number of sulfonamides is 1. The van der Waals surface area contributed by atoms with Crippen LogP contribution in [-0.4, -0.2) is 43.3 Å². The molecule has 1 aromatic carbocycles. The number of ether oxygens (including phenoxy) is 1. The summed E-state index contributed by atoms with van der Waals surface area (Å²) in [6.45, 7) is 5.00. The van der Waals surface area contributed by atoms with E-state index in [1.54, 1.807) is 13.0 Å². The first-order valence-electron chi connectivity index (χ1n) is 11.0. The molecule has 0 atom stereocenters. The van der Waals surface area contributed by atoms with Crippen molar-refractivity contribution in [2.75, 3.05) is 25.0 Å². The lowest BCUT2D eigenvalue weighted by Crippen LogP contribution is -2.35. The number of thiophene rings is 1. The summed E-state index contributed by atoms with van der Waals surface area (Å²) in [5.41, 5.74) is 0.852. The van der Waals surface area contributed by atoms with Crippen molar-refractivity contribution in [1.82, 2.24) is 9.29 Å². The maximum absolute atomic E-state index is 13.1. The Hall–Kier alpha value is -2.69. The maximum atomic E-state index is 13.1. The third-order valence-corrected chi connectivity index (χ3v) is 8.18. The minimum Gasteiger partial charge on any atom is -0.492 e. The Balaban J connectivity index is 1.55. The number of nitrogens with one attached hydrogen (secondary N) is 1. The number of piperidine rings is 1. The summed E-state index contributed by atoms with van der Waals surface area (Å²) >= 11 is 1.51. The van der Waals surface area contributed by atoms with Gasteiger partial charge in [0.05, 0.1) is 34.2 Å². The smallest absolute Gasteiger partial charge is 0.243 e. The number of aryl methyl sites for hydroxylation is 1. The summed E-state index contributed by atoms with van der Waals surface area (Å²) in [7, 11) is -3.64. The minimum atomic E-state index is -3.64. The standard InChI is InChI=1S/C23H27N3O5S2/c1-3-30-20-10-9-17(33(28,29)26-11-5-4-6-12-26)14-19(20)24-22(27)15-18-16(2)31-23(25-18)21-8-7-13-32-21/h7-10,13-14H,3-6,11-12,15H2,1-2H3,(H,24,27). The van der Waals surface area contributed by atoms with Gasteiger partial charge < -0.3 is 14.5 Å². The number of carbonyl (C=O) groups excluding carboxylic acids is 1. The number of hydrogen-bond donors (Lipinski definition) is 1. The van der Waals surface area contributed by atoms with Gasteiger partial charge in [-0.3, -0.25) is 4.79 Å². The number of anilines is 1. The Morgan fingerprint density at radius 1 is 1.24 bits per heavy atom. The second-order valence-electron chi connectivity index (χ2n) is 7.78. The second kappa shape index (κ2) is 10.1. The van der Waals surface area contributed by atoms with Crippen LogP contribution >= 0.6 is 11.3 Å². The summed E-state index contributed by atoms with van der Waals surface area (Å²) < 4.78 is 39.0. The van der Waals surface area contributed by atoms with Crippen molar-refractivity contribution in [1.29, 1.82) is 0 Å². The number of oxazole rings is 1. The van der Waals surface area contributed by atoms with Crippen molar-refractivity contribution >= 4 is 33.0 Å². The number of carbonyl (C=O) groups is 1. The molecule has 0 bridgehead atoms. The molecule has 176 valence electrons. The van der Waals surface area contributed by atoms with Crippen molar-refractivity contribution in [2.24, 2.45) is 0 Å². The minimum absolute atomic E-state index is 0.00459. The molecule has 3 aromatic rings. The van der Waals surface area contributed by atoms with E-state index in [2.05, 4.69) is 10.3 Å². The molecule has 33 heavy (non-hydrogen) atoms. The van der Waals surface area contributed by atoms with Gasteiger partial charge in [0.1, 0.15) is 11.5 Å². The van der Waals surface area contributed by atoms with Crippen LogP contribution in [0.25, 0.3) is 10.8 Å². The topological polar surface area (TPSA) is 102 Å². The van der Waals surface area contributed by atoms with Gasteiger partial charge in [0.15, 0.2) is 0 Å². The largest absolute Gasteiger partial charge is 0.492 e. The third-order valence-electron chi connectivity index (χ3n) is 5.43. The predicted octanol–water partition coefficient (Wildman–Crippen LogP) is 4.47. The fourth-order valence-corrected chi connectivity index (χ4v) is 5.94. The average molecular weight is 490 g/mol. The summed E-state index contributed by atoms with van der Waals surface area (Å²) in [6, 6.07) is 8.40. The van der Waals surface area contributed by atoms with E-state index < -0.39 is 10.0 Å². The highest BCUT2D eigenvalue weighted by molar-refractivity contribution is 7.89. The Labute approximate surface area is 197 Å². The molecular weight excluding hydrogens is 462 g/mol. The molecule has 10 heteroatoms. The zero-order valence-corrected chi connectivity index (χ0v) is 20.3. The number of aromatic nitrogens is 1. The van der Waals surface area contributed by atoms with Crippen LogP contribution in [-0.2, 0) is 21.2 Å². The maximum Gasteiger partial charge on any atom is 0.243 e. The van der Waals surface area contributed by atoms with Gasteiger partial charge in [-0.1, -0.05) is 12.5 Å². The van der Waals surface area contributed by atoms with E-state index in [0.29, 0.717) is 48.5 Å². The molecule has 8 nitrogen and oxygen atoms in total. The molecule has 1 fully saturated rings. The predicted molar refractivity (Wildman–Crippen MR) is 127 cm³/mol. The molecule has 0 aliphatic carbocycles. The van der Waals surface area contributed by atoms with Crippen LogP contribution in [0.2, 0.25) is 0 Å². The van der Waals surface area contributed by atoms with Crippen LogP contribution in [0.3, 0.4) is 0 Å². The first-order chi connectivity index (χ1) is 15.9. The number of nitrogens with zero attached hydrogens (tertiary/aromatic N) is 2. The lowest BCUT2D eigenvalue weighted by atomic mass is 10.2. The van der Waals surface area contributed by atoms with Crippen LogP contribution < -0.4 is 10.1 Å². The first-order valence-corrected chi connectivity index (χ1v) is 13.3. The van der Waals surface area contributed by atoms with Crippen molar-refractivity contribution in [3.63, 3.8) is 0 Å². The van der Waals surface area contributed by atoms with Gasteiger partial charge in [-0.2, -0.15) is 4.31 Å². The van der Waals surface area contributed by atoms with Crippen molar-refractivity contribution in [3.05, 3.63) is 47.2 Å². The van der Waals surface area contributed by atoms with Gasteiger partial charge in [0.25, 0.3) is 0 Å². The molecule has 1 N–H and O–H groups in total. The Bertz CT molecular complexity index is 1210. The summed E-state index contributed by atoms with van der Waals surface area (Å²) in [5.74, 6) is 1.13. The summed E-state index contributed by atoms with van der Waals surface area (Å²) in [6.07, 6.45) is 2.73. The fraction of sp³-hybridized carbons (Fsp3) is 0.391. The molecule has 0 unspecified atom stereocenters. The van der Waals surface area contributed by atoms with Crippen molar-refractivity contribution < 1.29 is 22.4 Å². The molecule has 0 radical (unpaired) electrons. The van der Waals surface area contributed by atoms with Crippen LogP contribution in [0.4, 0.5) is 5.69 Å². The highest BCUT2D eigenvalue weighted by atomic mass is 32.2. The average Bonchev–Trinajstić information content (AvgIpc) is 3.46. The zero-order valence-electron chi connectivity index (χ0n) is 18.7. The van der Waals surface area contributed by atoms with Crippen LogP contribution in [0, 0.1) is 6.92 Å². The van der Waals surface area contributed by atoms with Crippen molar-refractivity contribution in [2.45, 2.75) is 44.4 Å². The summed E-state index contributed by atoms with van der Waals surface area (Å²) in [5, 5.41) is 4.74. The second-order valence-corrected chi connectivity index (χ2v) is 10.7.